The quantitative estimate of drug-likeness (QED) is 0.0153. The molecule has 14 amide bonds. The van der Waals surface area contributed by atoms with Gasteiger partial charge in [0, 0.05) is 38.9 Å². The molecule has 0 radical (unpaired) electrons. The van der Waals surface area contributed by atoms with Crippen LogP contribution in [0.25, 0.3) is 0 Å². The summed E-state index contributed by atoms with van der Waals surface area (Å²) in [4.78, 5) is 248. The number of likely N-dealkylation sites (tertiary alicyclic amines) is 1. The van der Waals surface area contributed by atoms with E-state index in [1.54, 1.807) is 27.7 Å². The molecule has 0 spiro atoms. The molecule has 1 aliphatic heterocycles. The highest BCUT2D eigenvalue weighted by molar-refractivity contribution is 6.00. The number of carboxylic acid groups (broad SMARTS) is 4. The molecule has 0 saturated carbocycles. The van der Waals surface area contributed by atoms with E-state index in [2.05, 4.69) is 68.5 Å². The Morgan fingerprint density at radius 1 is 0.464 bits per heavy atom. The van der Waals surface area contributed by atoms with Gasteiger partial charge in [-0.25, -0.2) is 4.79 Å². The first kappa shape index (κ1) is 98.8. The van der Waals surface area contributed by atoms with E-state index in [-0.39, 0.29) is 76.5 Å². The van der Waals surface area contributed by atoms with Crippen LogP contribution in [0.1, 0.15) is 152 Å². The molecule has 112 heavy (non-hydrogen) atoms. The molecule has 0 aliphatic carbocycles. The molecule has 0 aromatic heterocycles. The maximum Gasteiger partial charge on any atom is 0.328 e. The number of nitrogens with two attached hydrogens (primary N) is 6. The standard InChI is InChI=1S/C66H113N21O25/c1-9-31(6)49(84-52(99)34(67)26-47(97)98)61(108)79-36(14-11-23-74-66(71)72)55(102)83-48(30(4)5)60(107)80-37(17-20-45(93)94)53(100)75-27-44(92)76-40(25-29(2)3)57(104)78-38(16-19-43(68)91)54(101)77-35(13-10-22-73-65(69)70)56(103)85-50(32(7)89)62(109)81-39(18-21-46(95)96)63(110)87-24-12-15-42(87)59(106)82-41(28-88)58(105)86-51(33(8)90)64(111)112/h29-42,48-51,88-90H,9-28,67H2,1-8H3,(H2,68,91)(H,75,100)(H,76,92)(H,77,101)(H,78,104)(H,79,108)(H,80,107)(H,81,109)(H,82,106)(H,83,102)(H,84,99)(H,85,103)(H,86,105)(H,93,94)(H,95,96)(H,97,98)(H,111,112)(H4,69,70,73)(H4,71,72,74)/t31-,32+,33+,34-,35-,36-,37-,38-,39-,40-,41-,42-,48-,49-,50-,51-/m0/s1. The van der Waals surface area contributed by atoms with Gasteiger partial charge >= 0.3 is 23.9 Å². The summed E-state index contributed by atoms with van der Waals surface area (Å²) in [5, 5.41) is 96.8. The molecule has 0 bridgehead atoms. The van der Waals surface area contributed by atoms with Crippen molar-refractivity contribution >= 4 is 118 Å². The van der Waals surface area contributed by atoms with Crippen molar-refractivity contribution in [3.05, 3.63) is 0 Å². The number of amides is 14. The summed E-state index contributed by atoms with van der Waals surface area (Å²) < 4.78 is 0. The third-order valence-corrected chi connectivity index (χ3v) is 17.3. The van der Waals surface area contributed by atoms with Crippen molar-refractivity contribution in [2.45, 2.75) is 242 Å². The van der Waals surface area contributed by atoms with Gasteiger partial charge in [0.1, 0.15) is 66.5 Å². The normalized spacial score (nSPS) is 16.5. The van der Waals surface area contributed by atoms with Gasteiger partial charge in [-0.3, -0.25) is 91.5 Å². The monoisotopic (exact) mass is 1600 g/mol. The lowest BCUT2D eigenvalue weighted by Crippen LogP contribution is -2.62. The first-order valence-corrected chi connectivity index (χ1v) is 36.2. The molecule has 0 aromatic carbocycles. The summed E-state index contributed by atoms with van der Waals surface area (Å²) in [5.41, 5.74) is 33.1. The number of aliphatic imine (C=N–C) groups is 2. The summed E-state index contributed by atoms with van der Waals surface area (Å²) in [5.74, 6) is -23.7. The number of aliphatic hydroxyl groups is 3. The molecule has 1 aliphatic rings. The van der Waals surface area contributed by atoms with Gasteiger partial charge in [-0.2, -0.15) is 0 Å². The number of nitrogens with zero attached hydrogens (tertiary/aromatic N) is 3. The van der Waals surface area contributed by atoms with E-state index in [0.717, 1.165) is 18.7 Å². The van der Waals surface area contributed by atoms with Gasteiger partial charge in [-0.1, -0.05) is 48.0 Å². The number of aliphatic hydroxyl groups excluding tert-OH is 3. The second-order valence-electron chi connectivity index (χ2n) is 27.6. The zero-order valence-electron chi connectivity index (χ0n) is 63.8. The van der Waals surface area contributed by atoms with Crippen LogP contribution in [0.3, 0.4) is 0 Å². The second-order valence-corrected chi connectivity index (χ2v) is 27.6. The maximum absolute atomic E-state index is 14.4. The molecule has 46 nitrogen and oxygen atoms in total. The van der Waals surface area contributed by atoms with Crippen LogP contribution in [0, 0.1) is 17.8 Å². The first-order chi connectivity index (χ1) is 52.3. The van der Waals surface area contributed by atoms with E-state index in [0.29, 0.717) is 6.42 Å². The number of primary amides is 1. The highest BCUT2D eigenvalue weighted by Gasteiger charge is 2.42. The number of hydrogen-bond donors (Lipinski definition) is 25. The van der Waals surface area contributed by atoms with E-state index in [9.17, 15) is 122 Å². The van der Waals surface area contributed by atoms with Gasteiger partial charge in [0.25, 0.3) is 0 Å². The summed E-state index contributed by atoms with van der Waals surface area (Å²) in [6, 6.07) is -21.7. The molecule has 1 heterocycles. The van der Waals surface area contributed by atoms with E-state index >= 15 is 0 Å². The number of guanidine groups is 2. The lowest BCUT2D eigenvalue weighted by atomic mass is 9.96. The van der Waals surface area contributed by atoms with Crippen molar-refractivity contribution < 1.29 is 122 Å². The Balaban J connectivity index is 3.61. The van der Waals surface area contributed by atoms with Crippen LogP contribution in [0.2, 0.25) is 0 Å². The highest BCUT2D eigenvalue weighted by Crippen LogP contribution is 2.21. The van der Waals surface area contributed by atoms with Gasteiger partial charge in [0.05, 0.1) is 37.8 Å². The number of rotatable bonds is 53. The van der Waals surface area contributed by atoms with Crippen LogP contribution in [0.4, 0.5) is 0 Å². The Morgan fingerprint density at radius 3 is 1.34 bits per heavy atom. The number of nitrogens with one attached hydrogen (secondary N) is 12. The molecular weight excluding hydrogens is 1490 g/mol. The molecule has 1 saturated heterocycles. The molecule has 1 rings (SSSR count). The van der Waals surface area contributed by atoms with Crippen molar-refractivity contribution in [3.63, 3.8) is 0 Å². The van der Waals surface area contributed by atoms with E-state index in [1.165, 1.54) is 13.8 Å². The lowest BCUT2D eigenvalue weighted by molar-refractivity contribution is -0.146. The van der Waals surface area contributed by atoms with Crippen LogP contribution in [0.5, 0.6) is 0 Å². The topological polar surface area (TPSA) is 777 Å². The molecule has 0 unspecified atom stereocenters. The van der Waals surface area contributed by atoms with Crippen LogP contribution in [-0.4, -0.2) is 283 Å². The molecule has 31 N–H and O–H groups in total. The smallest absolute Gasteiger partial charge is 0.328 e. The fourth-order valence-electron chi connectivity index (χ4n) is 11.0. The van der Waals surface area contributed by atoms with Crippen molar-refractivity contribution in [1.29, 1.82) is 0 Å². The molecule has 16 atom stereocenters. The van der Waals surface area contributed by atoms with Crippen molar-refractivity contribution in [2.75, 3.05) is 32.8 Å². The molecule has 46 heteroatoms. The minimum Gasteiger partial charge on any atom is -0.481 e. The van der Waals surface area contributed by atoms with E-state index in [4.69, 9.17) is 34.4 Å². The first-order valence-electron chi connectivity index (χ1n) is 36.2. The zero-order valence-corrected chi connectivity index (χ0v) is 63.8. The summed E-state index contributed by atoms with van der Waals surface area (Å²) >= 11 is 0. The number of hydrogen-bond acceptors (Lipinski definition) is 24. The predicted molar refractivity (Wildman–Crippen MR) is 393 cm³/mol. The average Bonchev–Trinajstić information content (AvgIpc) is 1.59. The number of carbonyl (C=O) groups excluding carboxylic acids is 14. The molecule has 1 fully saturated rings. The fraction of sp³-hybridized carbons (Fsp3) is 0.697. The minimum absolute atomic E-state index is 0.0414. The second kappa shape index (κ2) is 49.9. The fourth-order valence-corrected chi connectivity index (χ4v) is 11.0. The van der Waals surface area contributed by atoms with Crippen LogP contribution in [0.15, 0.2) is 9.98 Å². The van der Waals surface area contributed by atoms with Gasteiger partial charge in [-0.15, -0.1) is 0 Å². The Labute approximate surface area is 644 Å². The van der Waals surface area contributed by atoms with E-state index < -0.39 is 273 Å². The third-order valence-electron chi connectivity index (χ3n) is 17.3. The predicted octanol–water partition coefficient (Wildman–Crippen LogP) is -10.1. The van der Waals surface area contributed by atoms with Crippen molar-refractivity contribution in [3.8, 4) is 0 Å². The Hall–Kier alpha value is -11.2. The largest absolute Gasteiger partial charge is 0.481 e. The van der Waals surface area contributed by atoms with Crippen LogP contribution < -0.4 is 98.2 Å². The molecule has 632 valence electrons. The molecular formula is C66H113N21O25. The van der Waals surface area contributed by atoms with E-state index in [1.807, 2.05) is 5.32 Å². The van der Waals surface area contributed by atoms with Gasteiger partial charge in [0.15, 0.2) is 18.0 Å². The third kappa shape index (κ3) is 36.6. The maximum atomic E-state index is 14.4. The SMILES string of the molecule is CC[C@H](C)[C@H](NC(=O)[C@@H](N)CC(=O)O)C(=O)N[C@@H](CCCN=C(N)N)C(=O)N[C@H](C(=O)N[C@@H](CCC(=O)O)C(=O)NCC(=O)N[C@@H](CC(C)C)C(=O)N[C@@H](CCC(N)=O)C(=O)N[C@@H](CCCN=C(N)N)C(=O)N[C@H](C(=O)N[C@@H](CCC(=O)O)C(=O)N1CCC[C@H]1C(=O)N[C@@H](CO)C(=O)N[C@H](C(=O)O)[C@@H](C)O)[C@@H](C)O)C(C)C. The van der Waals surface area contributed by atoms with Gasteiger partial charge < -0.3 is 139 Å². The van der Waals surface area contributed by atoms with Crippen molar-refractivity contribution in [2.24, 2.45) is 62.1 Å². The lowest BCUT2D eigenvalue weighted by Gasteiger charge is -2.31. The Bertz CT molecular complexity index is 3350. The number of carboxylic acids is 4. The summed E-state index contributed by atoms with van der Waals surface area (Å²) in [6.45, 7) is 9.15. The van der Waals surface area contributed by atoms with Crippen LogP contribution in [-0.2, 0) is 86.3 Å². The zero-order chi connectivity index (χ0) is 85.6. The summed E-state index contributed by atoms with van der Waals surface area (Å²) in [6.07, 6.45) is -8.62. The van der Waals surface area contributed by atoms with Gasteiger partial charge in [0.2, 0.25) is 82.7 Å². The summed E-state index contributed by atoms with van der Waals surface area (Å²) in [7, 11) is 0. The van der Waals surface area contributed by atoms with Crippen LogP contribution >= 0.6 is 0 Å². The minimum atomic E-state index is -2.03. The Morgan fingerprint density at radius 2 is 0.884 bits per heavy atom. The van der Waals surface area contributed by atoms with Crippen molar-refractivity contribution in [1.82, 2.24) is 68.7 Å². The average molecular weight is 1600 g/mol. The Kier molecular flexibility index (Phi) is 44.0. The number of carbonyl (C=O) groups is 18. The highest BCUT2D eigenvalue weighted by atomic mass is 16.4. The number of aliphatic carboxylic acids is 4. The van der Waals surface area contributed by atoms with Gasteiger partial charge in [-0.05, 0) is 95.8 Å². The molecule has 0 aromatic rings.